The molecule has 4 nitrogen and oxygen atoms in total. The molecule has 1 heterocycles. The van der Waals surface area contributed by atoms with Crippen molar-refractivity contribution in [2.24, 2.45) is 11.7 Å². The number of benzene rings is 1. The Morgan fingerprint density at radius 1 is 1.35 bits per heavy atom. The maximum Gasteiger partial charge on any atom is 0.230 e. The lowest BCUT2D eigenvalue weighted by Gasteiger charge is -2.26. The molecule has 0 aromatic heterocycles. The lowest BCUT2D eigenvalue weighted by molar-refractivity contribution is -0.137. The van der Waals surface area contributed by atoms with E-state index in [2.05, 4.69) is 0 Å². The van der Waals surface area contributed by atoms with Crippen LogP contribution in [0.4, 0.5) is 4.39 Å². The maximum atomic E-state index is 13.8. The number of amides is 1. The second kappa shape index (κ2) is 5.50. The molecule has 0 spiro atoms. The highest BCUT2D eigenvalue weighted by Gasteiger charge is 2.40. The number of carbonyl (C=O) groups is 1. The van der Waals surface area contributed by atoms with Gasteiger partial charge in [0.1, 0.15) is 5.82 Å². The van der Waals surface area contributed by atoms with Crippen molar-refractivity contribution >= 4 is 5.91 Å². The van der Waals surface area contributed by atoms with Gasteiger partial charge in [0, 0.05) is 24.2 Å². The summed E-state index contributed by atoms with van der Waals surface area (Å²) in [5, 5.41) is 0. The molecular weight excluding hydrogens is 259 g/mol. The Balaban J connectivity index is 1.76. The highest BCUT2D eigenvalue weighted by Crippen LogP contribution is 2.31. The van der Waals surface area contributed by atoms with Crippen LogP contribution in [0.5, 0.6) is 0 Å². The quantitative estimate of drug-likeness (QED) is 0.903. The number of carbonyl (C=O) groups excluding carboxylic acids is 1. The second-order valence-corrected chi connectivity index (χ2v) is 5.60. The highest BCUT2D eigenvalue weighted by atomic mass is 19.1. The Bertz CT molecular complexity index is 504. The number of nitrogens with zero attached hydrogens (tertiary/aromatic N) is 1. The van der Waals surface area contributed by atoms with Crippen molar-refractivity contribution in [2.75, 3.05) is 13.2 Å². The van der Waals surface area contributed by atoms with Gasteiger partial charge in [0.25, 0.3) is 0 Å². The zero-order valence-electron chi connectivity index (χ0n) is 11.3. The van der Waals surface area contributed by atoms with Gasteiger partial charge in [0.2, 0.25) is 5.91 Å². The van der Waals surface area contributed by atoms with Crippen molar-refractivity contribution in [3.63, 3.8) is 0 Å². The molecule has 1 aliphatic heterocycles. The van der Waals surface area contributed by atoms with Crippen molar-refractivity contribution in [3.05, 3.63) is 35.6 Å². The molecule has 1 saturated carbocycles. The first-order chi connectivity index (χ1) is 9.66. The van der Waals surface area contributed by atoms with Gasteiger partial charge in [-0.2, -0.15) is 0 Å². The third-order valence-electron chi connectivity index (χ3n) is 4.01. The van der Waals surface area contributed by atoms with Crippen LogP contribution in [0.2, 0.25) is 0 Å². The predicted octanol–water partition coefficient (Wildman–Crippen LogP) is 1.29. The molecule has 3 rings (SSSR count). The van der Waals surface area contributed by atoms with E-state index in [1.165, 1.54) is 6.07 Å². The minimum atomic E-state index is -0.289. The summed E-state index contributed by atoms with van der Waals surface area (Å²) in [4.78, 5) is 14.4. The van der Waals surface area contributed by atoms with Gasteiger partial charge in [-0.25, -0.2) is 4.39 Å². The number of hydrogen-bond acceptors (Lipinski definition) is 3. The van der Waals surface area contributed by atoms with Crippen LogP contribution in [0, 0.1) is 11.7 Å². The first-order valence-electron chi connectivity index (χ1n) is 7.04. The minimum Gasteiger partial charge on any atom is -0.379 e. The minimum absolute atomic E-state index is 0.000697. The number of hydrogen-bond donors (Lipinski definition) is 1. The lowest BCUT2D eigenvalue weighted by atomic mass is 10.0. The summed E-state index contributed by atoms with van der Waals surface area (Å²) < 4.78 is 19.0. The molecule has 1 amide bonds. The molecule has 108 valence electrons. The second-order valence-electron chi connectivity index (χ2n) is 5.60. The summed E-state index contributed by atoms with van der Waals surface area (Å²) in [7, 11) is 0. The van der Waals surface area contributed by atoms with Crippen LogP contribution in [-0.2, 0) is 16.1 Å². The van der Waals surface area contributed by atoms with E-state index < -0.39 is 0 Å². The van der Waals surface area contributed by atoms with Crippen molar-refractivity contribution in [2.45, 2.75) is 31.5 Å². The fourth-order valence-electron chi connectivity index (χ4n) is 2.62. The molecule has 0 radical (unpaired) electrons. The molecule has 2 atom stereocenters. The van der Waals surface area contributed by atoms with Crippen LogP contribution in [0.15, 0.2) is 24.3 Å². The Kier molecular flexibility index (Phi) is 3.72. The lowest BCUT2D eigenvalue weighted by Crippen LogP contribution is -2.44. The Labute approximate surface area is 117 Å². The first-order valence-corrected chi connectivity index (χ1v) is 7.04. The van der Waals surface area contributed by atoms with Crippen LogP contribution in [0.3, 0.4) is 0 Å². The highest BCUT2D eigenvalue weighted by molar-refractivity contribution is 5.80. The molecule has 2 N–H and O–H groups in total. The van der Waals surface area contributed by atoms with E-state index in [0.29, 0.717) is 25.3 Å². The predicted molar refractivity (Wildman–Crippen MR) is 72.3 cm³/mol. The SMILES string of the molecule is NC1COCC1C(=O)N(Cc1ccccc1F)C1CC1. The summed E-state index contributed by atoms with van der Waals surface area (Å²) in [5.41, 5.74) is 6.47. The monoisotopic (exact) mass is 278 g/mol. The van der Waals surface area contributed by atoms with Crippen LogP contribution in [-0.4, -0.2) is 36.1 Å². The van der Waals surface area contributed by atoms with Gasteiger partial charge in [0.05, 0.1) is 19.1 Å². The normalized spacial score (nSPS) is 25.7. The van der Waals surface area contributed by atoms with E-state index in [4.69, 9.17) is 10.5 Å². The van der Waals surface area contributed by atoms with E-state index in [1.54, 1.807) is 23.1 Å². The molecular formula is C15H19FN2O2. The average molecular weight is 278 g/mol. The van der Waals surface area contributed by atoms with Gasteiger partial charge >= 0.3 is 0 Å². The summed E-state index contributed by atoms with van der Waals surface area (Å²) >= 11 is 0. The fourth-order valence-corrected chi connectivity index (χ4v) is 2.62. The molecule has 2 unspecified atom stereocenters. The fraction of sp³-hybridized carbons (Fsp3) is 0.533. The van der Waals surface area contributed by atoms with Gasteiger partial charge in [-0.3, -0.25) is 4.79 Å². The third-order valence-corrected chi connectivity index (χ3v) is 4.01. The molecule has 2 fully saturated rings. The Morgan fingerprint density at radius 3 is 2.70 bits per heavy atom. The maximum absolute atomic E-state index is 13.8. The first kappa shape index (κ1) is 13.5. The number of halogens is 1. The average Bonchev–Trinajstić information content (AvgIpc) is 3.19. The van der Waals surface area contributed by atoms with Crippen molar-refractivity contribution in [1.82, 2.24) is 4.90 Å². The van der Waals surface area contributed by atoms with Crippen LogP contribution in [0.25, 0.3) is 0 Å². The molecule has 1 aromatic rings. The van der Waals surface area contributed by atoms with Gasteiger partial charge in [-0.1, -0.05) is 18.2 Å². The van der Waals surface area contributed by atoms with E-state index >= 15 is 0 Å². The topological polar surface area (TPSA) is 55.6 Å². The standard InChI is InChI=1S/C15H19FN2O2/c16-13-4-2-1-3-10(13)7-18(11-5-6-11)15(19)12-8-20-9-14(12)17/h1-4,11-12,14H,5-9,17H2. The van der Waals surface area contributed by atoms with Gasteiger partial charge in [0.15, 0.2) is 0 Å². The van der Waals surface area contributed by atoms with Crippen molar-refractivity contribution < 1.29 is 13.9 Å². The van der Waals surface area contributed by atoms with E-state index in [9.17, 15) is 9.18 Å². The van der Waals surface area contributed by atoms with Gasteiger partial charge in [-0.05, 0) is 18.9 Å². The van der Waals surface area contributed by atoms with E-state index in [1.807, 2.05) is 0 Å². The van der Waals surface area contributed by atoms with Crippen LogP contribution in [0.1, 0.15) is 18.4 Å². The number of nitrogens with two attached hydrogens (primary N) is 1. The van der Waals surface area contributed by atoms with Gasteiger partial charge < -0.3 is 15.4 Å². The van der Waals surface area contributed by atoms with Crippen molar-refractivity contribution in [1.29, 1.82) is 0 Å². The molecule has 0 bridgehead atoms. The molecule has 5 heteroatoms. The Morgan fingerprint density at radius 2 is 2.10 bits per heavy atom. The summed E-state index contributed by atoms with van der Waals surface area (Å²) in [6.07, 6.45) is 1.98. The van der Waals surface area contributed by atoms with E-state index in [0.717, 1.165) is 12.8 Å². The molecule has 1 aromatic carbocycles. The third kappa shape index (κ3) is 2.69. The molecule has 2 aliphatic rings. The zero-order valence-corrected chi connectivity index (χ0v) is 11.3. The summed E-state index contributed by atoms with van der Waals surface area (Å²) in [5.74, 6) is -0.555. The molecule has 20 heavy (non-hydrogen) atoms. The van der Waals surface area contributed by atoms with Crippen molar-refractivity contribution in [3.8, 4) is 0 Å². The smallest absolute Gasteiger partial charge is 0.230 e. The summed E-state index contributed by atoms with van der Waals surface area (Å²) in [6, 6.07) is 6.58. The van der Waals surface area contributed by atoms with Crippen LogP contribution < -0.4 is 5.73 Å². The largest absolute Gasteiger partial charge is 0.379 e. The zero-order chi connectivity index (χ0) is 14.1. The molecule has 1 aliphatic carbocycles. The Hall–Kier alpha value is -1.46. The van der Waals surface area contributed by atoms with E-state index in [-0.39, 0.29) is 29.7 Å². The summed E-state index contributed by atoms with van der Waals surface area (Å²) in [6.45, 7) is 1.12. The number of rotatable bonds is 4. The molecule has 1 saturated heterocycles. The number of ether oxygens (including phenoxy) is 1. The van der Waals surface area contributed by atoms with Gasteiger partial charge in [-0.15, -0.1) is 0 Å². The van der Waals surface area contributed by atoms with Crippen LogP contribution >= 0.6 is 0 Å².